The molecule has 2 saturated heterocycles. The summed E-state index contributed by atoms with van der Waals surface area (Å²) in [6.45, 7) is 2.65. The Balaban J connectivity index is 1.55. The molecule has 0 bridgehead atoms. The fraction of sp³-hybridized carbons (Fsp3) is 0.588. The highest BCUT2D eigenvalue weighted by atomic mass is 16.5. The van der Waals surface area contributed by atoms with Gasteiger partial charge in [-0.15, -0.1) is 0 Å². The van der Waals surface area contributed by atoms with Gasteiger partial charge in [0.05, 0.1) is 17.8 Å². The first kappa shape index (κ1) is 15.3. The molecule has 5 nitrogen and oxygen atoms in total. The van der Waals surface area contributed by atoms with E-state index < -0.39 is 0 Å². The Morgan fingerprint density at radius 3 is 2.59 bits per heavy atom. The Hall–Kier alpha value is -1.59. The van der Waals surface area contributed by atoms with E-state index in [2.05, 4.69) is 5.32 Å². The fourth-order valence-electron chi connectivity index (χ4n) is 2.85. The van der Waals surface area contributed by atoms with Crippen LogP contribution in [0.5, 0.6) is 5.75 Å². The first-order valence-electron chi connectivity index (χ1n) is 8.06. The number of para-hydroxylation sites is 1. The monoisotopic (exact) mass is 305 g/mol. The minimum absolute atomic E-state index is 0.113. The van der Waals surface area contributed by atoms with Crippen molar-refractivity contribution in [3.8, 4) is 5.75 Å². The van der Waals surface area contributed by atoms with Gasteiger partial charge in [-0.2, -0.15) is 0 Å². The number of rotatable bonds is 6. The number of hydrogen-bond donors (Lipinski definition) is 1. The highest BCUT2D eigenvalue weighted by Gasteiger charge is 2.20. The summed E-state index contributed by atoms with van der Waals surface area (Å²) in [5.41, 5.74) is 0.568. The lowest BCUT2D eigenvalue weighted by Gasteiger charge is -2.15. The van der Waals surface area contributed by atoms with Crippen LogP contribution in [-0.4, -0.2) is 44.5 Å². The summed E-state index contributed by atoms with van der Waals surface area (Å²) in [4.78, 5) is 12.3. The van der Waals surface area contributed by atoms with E-state index in [1.807, 2.05) is 18.2 Å². The van der Waals surface area contributed by atoms with Crippen LogP contribution in [0.1, 0.15) is 36.0 Å². The molecule has 0 unspecified atom stereocenters. The molecular weight excluding hydrogens is 282 g/mol. The Morgan fingerprint density at radius 1 is 1.14 bits per heavy atom. The molecule has 2 fully saturated rings. The number of benzene rings is 1. The van der Waals surface area contributed by atoms with Crippen molar-refractivity contribution < 1.29 is 19.0 Å². The first-order chi connectivity index (χ1) is 10.8. The summed E-state index contributed by atoms with van der Waals surface area (Å²) in [7, 11) is 0. The quantitative estimate of drug-likeness (QED) is 0.875. The zero-order chi connectivity index (χ0) is 15.2. The van der Waals surface area contributed by atoms with Gasteiger partial charge in [0.15, 0.2) is 0 Å². The maximum absolute atomic E-state index is 12.3. The normalized spacial score (nSPS) is 24.4. The largest absolute Gasteiger partial charge is 0.490 e. The van der Waals surface area contributed by atoms with E-state index in [0.717, 1.165) is 38.9 Å². The third-order valence-corrected chi connectivity index (χ3v) is 4.09. The zero-order valence-corrected chi connectivity index (χ0v) is 12.8. The van der Waals surface area contributed by atoms with Crippen LogP contribution in [0.2, 0.25) is 0 Å². The number of amides is 1. The molecule has 1 aromatic carbocycles. The van der Waals surface area contributed by atoms with Gasteiger partial charge in [0.1, 0.15) is 12.4 Å². The van der Waals surface area contributed by atoms with Crippen LogP contribution in [0.4, 0.5) is 0 Å². The third kappa shape index (κ3) is 3.99. The van der Waals surface area contributed by atoms with Gasteiger partial charge in [-0.3, -0.25) is 4.79 Å². The summed E-state index contributed by atoms with van der Waals surface area (Å²) >= 11 is 0. The molecule has 3 rings (SSSR count). The van der Waals surface area contributed by atoms with Gasteiger partial charge < -0.3 is 19.5 Å². The first-order valence-corrected chi connectivity index (χ1v) is 8.06. The van der Waals surface area contributed by atoms with Crippen LogP contribution >= 0.6 is 0 Å². The van der Waals surface area contributed by atoms with Crippen molar-refractivity contribution in [1.82, 2.24) is 5.32 Å². The van der Waals surface area contributed by atoms with Crippen molar-refractivity contribution in [2.24, 2.45) is 0 Å². The maximum Gasteiger partial charge on any atom is 0.255 e. The van der Waals surface area contributed by atoms with E-state index >= 15 is 0 Å². The number of carbonyl (C=O) groups excluding carboxylic acids is 1. The summed E-state index contributed by atoms with van der Waals surface area (Å²) in [6, 6.07) is 7.34. The van der Waals surface area contributed by atoms with Crippen molar-refractivity contribution in [2.45, 2.75) is 37.9 Å². The van der Waals surface area contributed by atoms with Crippen LogP contribution < -0.4 is 10.1 Å². The molecule has 1 amide bonds. The van der Waals surface area contributed by atoms with Gasteiger partial charge in [0.25, 0.3) is 5.91 Å². The molecule has 22 heavy (non-hydrogen) atoms. The molecule has 1 aromatic rings. The third-order valence-electron chi connectivity index (χ3n) is 4.09. The molecule has 0 saturated carbocycles. The van der Waals surface area contributed by atoms with E-state index in [0.29, 0.717) is 24.5 Å². The average Bonchev–Trinajstić information content (AvgIpc) is 3.24. The Kier molecular flexibility index (Phi) is 5.29. The second-order valence-corrected chi connectivity index (χ2v) is 5.79. The molecule has 0 aromatic heterocycles. The molecule has 120 valence electrons. The predicted molar refractivity (Wildman–Crippen MR) is 82.2 cm³/mol. The van der Waals surface area contributed by atoms with E-state index in [1.54, 1.807) is 6.07 Å². The molecule has 1 N–H and O–H groups in total. The van der Waals surface area contributed by atoms with Gasteiger partial charge in [0, 0.05) is 19.8 Å². The smallest absolute Gasteiger partial charge is 0.255 e. The summed E-state index contributed by atoms with van der Waals surface area (Å²) in [5.74, 6) is 0.501. The molecule has 0 radical (unpaired) electrons. The van der Waals surface area contributed by atoms with Gasteiger partial charge in [0.2, 0.25) is 0 Å². The molecule has 0 aliphatic carbocycles. The second kappa shape index (κ2) is 7.61. The molecule has 2 aliphatic rings. The SMILES string of the molecule is O=C(NC[C@H]1CCCO1)c1ccccc1OC[C@H]1CCCO1. The Morgan fingerprint density at radius 2 is 1.86 bits per heavy atom. The van der Waals surface area contributed by atoms with E-state index in [9.17, 15) is 4.79 Å². The van der Waals surface area contributed by atoms with Crippen LogP contribution in [-0.2, 0) is 9.47 Å². The number of carbonyl (C=O) groups is 1. The van der Waals surface area contributed by atoms with Crippen molar-refractivity contribution in [3.63, 3.8) is 0 Å². The maximum atomic E-state index is 12.3. The molecule has 0 spiro atoms. The average molecular weight is 305 g/mol. The van der Waals surface area contributed by atoms with Crippen LogP contribution in [0, 0.1) is 0 Å². The standard InChI is InChI=1S/C17H23NO4/c19-17(18-11-13-5-3-9-20-13)15-7-1-2-8-16(15)22-12-14-6-4-10-21-14/h1-2,7-8,13-14H,3-6,9-12H2,(H,18,19)/t13-,14-/m1/s1. The lowest BCUT2D eigenvalue weighted by molar-refractivity contribution is 0.0668. The van der Waals surface area contributed by atoms with Crippen molar-refractivity contribution in [2.75, 3.05) is 26.4 Å². The highest BCUT2D eigenvalue weighted by molar-refractivity contribution is 5.96. The van der Waals surface area contributed by atoms with Crippen LogP contribution in [0.25, 0.3) is 0 Å². The Bertz CT molecular complexity index is 493. The Labute approximate surface area is 130 Å². The van der Waals surface area contributed by atoms with Gasteiger partial charge in [-0.25, -0.2) is 0 Å². The summed E-state index contributed by atoms with van der Waals surface area (Å²) in [6.07, 6.45) is 4.47. The van der Waals surface area contributed by atoms with Crippen molar-refractivity contribution in [3.05, 3.63) is 29.8 Å². The molecular formula is C17H23NO4. The summed E-state index contributed by atoms with van der Waals surface area (Å²) in [5, 5.41) is 2.93. The topological polar surface area (TPSA) is 56.8 Å². The summed E-state index contributed by atoms with van der Waals surface area (Å²) < 4.78 is 16.9. The van der Waals surface area contributed by atoms with E-state index in [4.69, 9.17) is 14.2 Å². The number of nitrogens with one attached hydrogen (secondary N) is 1. The predicted octanol–water partition coefficient (Wildman–Crippen LogP) is 2.15. The zero-order valence-electron chi connectivity index (χ0n) is 12.8. The lowest BCUT2D eigenvalue weighted by Crippen LogP contribution is -2.32. The number of hydrogen-bond acceptors (Lipinski definition) is 4. The van der Waals surface area contributed by atoms with Crippen LogP contribution in [0.15, 0.2) is 24.3 Å². The fourth-order valence-corrected chi connectivity index (χ4v) is 2.85. The molecule has 2 aliphatic heterocycles. The van der Waals surface area contributed by atoms with Gasteiger partial charge in [-0.1, -0.05) is 12.1 Å². The molecule has 2 atom stereocenters. The minimum atomic E-state index is -0.113. The number of ether oxygens (including phenoxy) is 3. The van der Waals surface area contributed by atoms with Crippen molar-refractivity contribution >= 4 is 5.91 Å². The van der Waals surface area contributed by atoms with Crippen LogP contribution in [0.3, 0.4) is 0 Å². The molecule has 2 heterocycles. The highest BCUT2D eigenvalue weighted by Crippen LogP contribution is 2.20. The van der Waals surface area contributed by atoms with E-state index in [1.165, 1.54) is 0 Å². The second-order valence-electron chi connectivity index (χ2n) is 5.79. The molecule has 5 heteroatoms. The van der Waals surface area contributed by atoms with Crippen molar-refractivity contribution in [1.29, 1.82) is 0 Å². The van der Waals surface area contributed by atoms with Gasteiger partial charge >= 0.3 is 0 Å². The minimum Gasteiger partial charge on any atom is -0.490 e. The van der Waals surface area contributed by atoms with Gasteiger partial charge in [-0.05, 0) is 37.8 Å². The van der Waals surface area contributed by atoms with E-state index in [-0.39, 0.29) is 18.1 Å². The lowest BCUT2D eigenvalue weighted by atomic mass is 10.1.